The molecule has 0 saturated carbocycles. The predicted molar refractivity (Wildman–Crippen MR) is 37.3 cm³/mol. The molecule has 0 aliphatic heterocycles. The highest BCUT2D eigenvalue weighted by atomic mass is 16.5. The van der Waals surface area contributed by atoms with E-state index in [4.69, 9.17) is 9.94 Å². The van der Waals surface area contributed by atoms with Gasteiger partial charge in [-0.05, 0) is 12.1 Å². The number of ether oxygens (including phenoxy) is 1. The Labute approximate surface area is 58.6 Å². The molecule has 1 rings (SSSR count). The van der Waals surface area contributed by atoms with Crippen LogP contribution >= 0.6 is 0 Å². The van der Waals surface area contributed by atoms with Crippen molar-refractivity contribution in [1.82, 2.24) is 0 Å². The normalized spacial score (nSPS) is 10.0. The van der Waals surface area contributed by atoms with Crippen molar-refractivity contribution in [3.63, 3.8) is 0 Å². The van der Waals surface area contributed by atoms with Crippen LogP contribution in [0.2, 0.25) is 0 Å². The molecule has 1 aromatic rings. The Morgan fingerprint density at radius 3 is 2.60 bits per heavy atom. The van der Waals surface area contributed by atoms with Gasteiger partial charge in [-0.2, -0.15) is 0 Å². The molecule has 52 valence electrons. The largest absolute Gasteiger partial charge is 0.443 e. The van der Waals surface area contributed by atoms with E-state index in [-0.39, 0.29) is 0 Å². The first-order valence-corrected chi connectivity index (χ1v) is 2.81. The summed E-state index contributed by atoms with van der Waals surface area (Å²) in [6.45, 7) is 0. The predicted octanol–water partition coefficient (Wildman–Crippen LogP) is 1.48. The summed E-state index contributed by atoms with van der Waals surface area (Å²) in [4.78, 5) is 0. The van der Waals surface area contributed by atoms with Crippen LogP contribution in [0.4, 0.5) is 0 Å². The van der Waals surface area contributed by atoms with Gasteiger partial charge in [0, 0.05) is 0 Å². The number of oxime groups is 1. The summed E-state index contributed by atoms with van der Waals surface area (Å²) in [5, 5.41) is 10.7. The van der Waals surface area contributed by atoms with E-state index in [1.165, 1.54) is 0 Å². The Kier molecular flexibility index (Phi) is 2.31. The van der Waals surface area contributed by atoms with Gasteiger partial charge in [0.2, 0.25) is 6.40 Å². The van der Waals surface area contributed by atoms with Crippen molar-refractivity contribution in [3.8, 4) is 5.75 Å². The van der Waals surface area contributed by atoms with E-state index in [0.717, 1.165) is 6.40 Å². The molecule has 0 spiro atoms. The molecule has 0 unspecified atom stereocenters. The molecule has 0 bridgehead atoms. The molecule has 1 aromatic carbocycles. The van der Waals surface area contributed by atoms with Crippen LogP contribution in [-0.2, 0) is 0 Å². The maximum absolute atomic E-state index is 7.97. The van der Waals surface area contributed by atoms with Gasteiger partial charge in [-0.3, -0.25) is 0 Å². The van der Waals surface area contributed by atoms with Crippen LogP contribution in [0.25, 0.3) is 0 Å². The molecule has 10 heavy (non-hydrogen) atoms. The minimum absolute atomic E-state index is 0.653. The molecule has 3 heteroatoms. The third-order valence-electron chi connectivity index (χ3n) is 0.979. The van der Waals surface area contributed by atoms with Gasteiger partial charge in [-0.25, -0.2) is 0 Å². The fraction of sp³-hybridized carbons (Fsp3) is 0. The molecule has 0 aromatic heterocycles. The van der Waals surface area contributed by atoms with Crippen LogP contribution in [0.1, 0.15) is 0 Å². The quantitative estimate of drug-likeness (QED) is 0.290. The van der Waals surface area contributed by atoms with E-state index in [1.807, 2.05) is 18.2 Å². The zero-order chi connectivity index (χ0) is 7.23. The molecule has 0 aliphatic carbocycles. The van der Waals surface area contributed by atoms with Crippen LogP contribution in [0, 0.1) is 0 Å². The summed E-state index contributed by atoms with van der Waals surface area (Å²) in [6, 6.07) is 9.08. The van der Waals surface area contributed by atoms with Crippen molar-refractivity contribution >= 4 is 6.40 Å². The smallest absolute Gasteiger partial charge is 0.218 e. The first-order valence-electron chi connectivity index (χ1n) is 2.81. The van der Waals surface area contributed by atoms with Gasteiger partial charge in [0.05, 0.1) is 0 Å². The van der Waals surface area contributed by atoms with Crippen molar-refractivity contribution in [2.24, 2.45) is 5.16 Å². The first kappa shape index (κ1) is 6.61. The molecule has 0 fully saturated rings. The van der Waals surface area contributed by atoms with Gasteiger partial charge >= 0.3 is 0 Å². The molecule has 0 heterocycles. The Bertz CT molecular complexity index is 208. The fourth-order valence-corrected chi connectivity index (χ4v) is 0.583. The third-order valence-corrected chi connectivity index (χ3v) is 0.979. The standard InChI is InChI=1S/C7H7NO2/c9-8-6-10-7-4-2-1-3-5-7/h1-6,9H/b8-6+. The van der Waals surface area contributed by atoms with E-state index in [2.05, 4.69) is 5.16 Å². The van der Waals surface area contributed by atoms with Gasteiger partial charge in [0.15, 0.2) is 0 Å². The van der Waals surface area contributed by atoms with E-state index >= 15 is 0 Å². The lowest BCUT2D eigenvalue weighted by Gasteiger charge is -1.94. The molecule has 3 nitrogen and oxygen atoms in total. The zero-order valence-electron chi connectivity index (χ0n) is 5.27. The van der Waals surface area contributed by atoms with Crippen LogP contribution in [0.15, 0.2) is 35.5 Å². The molecular weight excluding hydrogens is 130 g/mol. The van der Waals surface area contributed by atoms with E-state index < -0.39 is 0 Å². The van der Waals surface area contributed by atoms with Crippen LogP contribution < -0.4 is 4.74 Å². The molecule has 0 amide bonds. The SMILES string of the molecule is O/N=C/Oc1ccccc1. The minimum atomic E-state index is 0.653. The maximum atomic E-state index is 7.97. The number of hydrogen-bond donors (Lipinski definition) is 1. The van der Waals surface area contributed by atoms with Gasteiger partial charge in [0.25, 0.3) is 0 Å². The lowest BCUT2D eigenvalue weighted by molar-refractivity contribution is 0.310. The van der Waals surface area contributed by atoms with Crippen molar-refractivity contribution < 1.29 is 9.94 Å². The number of benzene rings is 1. The summed E-state index contributed by atoms with van der Waals surface area (Å²) in [6.07, 6.45) is 0.968. The van der Waals surface area contributed by atoms with Crippen LogP contribution in [-0.4, -0.2) is 11.6 Å². The first-order chi connectivity index (χ1) is 4.93. The summed E-state index contributed by atoms with van der Waals surface area (Å²) >= 11 is 0. The van der Waals surface area contributed by atoms with Crippen LogP contribution in [0.5, 0.6) is 5.75 Å². The Hall–Kier alpha value is -1.51. The van der Waals surface area contributed by atoms with Crippen LogP contribution in [0.3, 0.4) is 0 Å². The second kappa shape index (κ2) is 3.50. The second-order valence-electron chi connectivity index (χ2n) is 1.65. The fourth-order valence-electron chi connectivity index (χ4n) is 0.583. The number of nitrogens with zero attached hydrogens (tertiary/aromatic N) is 1. The van der Waals surface area contributed by atoms with Gasteiger partial charge in [0.1, 0.15) is 5.75 Å². The Morgan fingerprint density at radius 1 is 1.30 bits per heavy atom. The average Bonchev–Trinajstić information content (AvgIpc) is 2.03. The molecule has 0 aliphatic rings. The number of para-hydroxylation sites is 1. The topological polar surface area (TPSA) is 41.8 Å². The van der Waals surface area contributed by atoms with E-state index in [9.17, 15) is 0 Å². The van der Waals surface area contributed by atoms with Gasteiger partial charge in [-0.1, -0.05) is 23.4 Å². The maximum Gasteiger partial charge on any atom is 0.218 e. The zero-order valence-corrected chi connectivity index (χ0v) is 5.27. The Morgan fingerprint density at radius 2 is 2.00 bits per heavy atom. The molecule has 1 N–H and O–H groups in total. The monoisotopic (exact) mass is 137 g/mol. The summed E-state index contributed by atoms with van der Waals surface area (Å²) < 4.78 is 4.81. The van der Waals surface area contributed by atoms with Gasteiger partial charge in [-0.15, -0.1) is 0 Å². The van der Waals surface area contributed by atoms with Crippen molar-refractivity contribution in [1.29, 1.82) is 0 Å². The highest BCUT2D eigenvalue weighted by molar-refractivity contribution is 5.50. The Balaban J connectivity index is 2.59. The van der Waals surface area contributed by atoms with E-state index in [1.54, 1.807) is 12.1 Å². The minimum Gasteiger partial charge on any atom is -0.443 e. The lowest BCUT2D eigenvalue weighted by Crippen LogP contribution is -1.87. The lowest BCUT2D eigenvalue weighted by atomic mass is 10.3. The van der Waals surface area contributed by atoms with Crippen molar-refractivity contribution in [3.05, 3.63) is 30.3 Å². The summed E-state index contributed by atoms with van der Waals surface area (Å²) in [5.41, 5.74) is 0. The number of rotatable bonds is 2. The van der Waals surface area contributed by atoms with Crippen molar-refractivity contribution in [2.75, 3.05) is 0 Å². The van der Waals surface area contributed by atoms with E-state index in [0.29, 0.717) is 5.75 Å². The highest BCUT2D eigenvalue weighted by Gasteiger charge is 1.84. The van der Waals surface area contributed by atoms with Crippen molar-refractivity contribution in [2.45, 2.75) is 0 Å². The van der Waals surface area contributed by atoms with Gasteiger partial charge < -0.3 is 9.94 Å². The summed E-state index contributed by atoms with van der Waals surface area (Å²) in [5.74, 6) is 0.653. The molecule has 0 saturated heterocycles. The highest BCUT2D eigenvalue weighted by Crippen LogP contribution is 2.06. The molecule has 0 radical (unpaired) electrons. The third kappa shape index (κ3) is 1.78. The molecule has 0 atom stereocenters. The number of hydrogen-bond acceptors (Lipinski definition) is 3. The summed E-state index contributed by atoms with van der Waals surface area (Å²) in [7, 11) is 0. The molecular formula is C7H7NO2. The second-order valence-corrected chi connectivity index (χ2v) is 1.65. The average molecular weight is 137 g/mol.